The Labute approximate surface area is 130 Å². The van der Waals surface area contributed by atoms with Crippen molar-refractivity contribution in [2.45, 2.75) is 77.3 Å². The minimum atomic E-state index is -0.542. The van der Waals surface area contributed by atoms with Gasteiger partial charge in [0.25, 0.3) is 0 Å². The van der Waals surface area contributed by atoms with Crippen LogP contribution in [-0.4, -0.2) is 49.2 Å². The molecule has 0 aliphatic heterocycles. The largest absolute Gasteiger partial charge is 0.468 e. The first-order valence-electron chi connectivity index (χ1n) is 8.64. The Balaban J connectivity index is 2.45. The van der Waals surface area contributed by atoms with Crippen LogP contribution in [-0.2, 0) is 9.53 Å². The molecule has 0 aromatic carbocycles. The average molecular weight is 298 g/mol. The van der Waals surface area contributed by atoms with E-state index in [4.69, 9.17) is 4.74 Å². The third-order valence-electron chi connectivity index (χ3n) is 4.77. The van der Waals surface area contributed by atoms with Crippen LogP contribution in [0, 0.1) is 0 Å². The molecule has 4 nitrogen and oxygen atoms in total. The van der Waals surface area contributed by atoms with E-state index in [9.17, 15) is 4.79 Å². The highest BCUT2D eigenvalue weighted by Crippen LogP contribution is 2.24. The number of hydrogen-bond donors (Lipinski definition) is 1. The minimum absolute atomic E-state index is 0.139. The Morgan fingerprint density at radius 3 is 2.52 bits per heavy atom. The summed E-state index contributed by atoms with van der Waals surface area (Å²) in [6.45, 7) is 9.38. The van der Waals surface area contributed by atoms with Crippen molar-refractivity contribution in [2.75, 3.05) is 26.7 Å². The van der Waals surface area contributed by atoms with Gasteiger partial charge in [-0.15, -0.1) is 0 Å². The maximum atomic E-state index is 12.0. The molecule has 0 aromatic heterocycles. The Hall–Kier alpha value is -0.610. The zero-order valence-electron chi connectivity index (χ0n) is 14.4. The number of nitrogens with one attached hydrogen (secondary N) is 1. The standard InChI is InChI=1S/C17H34N2O2/c1-5-13-18-17(3,16(20)21-4)12-9-14-19(6-2)15-10-7-8-11-15/h15,18H,5-14H2,1-4H3. The number of rotatable bonds is 10. The van der Waals surface area contributed by atoms with Crippen LogP contribution in [0.1, 0.15) is 65.7 Å². The molecule has 4 heteroatoms. The first-order valence-corrected chi connectivity index (χ1v) is 8.64. The fourth-order valence-corrected chi connectivity index (χ4v) is 3.39. The minimum Gasteiger partial charge on any atom is -0.468 e. The molecular weight excluding hydrogens is 264 g/mol. The van der Waals surface area contributed by atoms with Gasteiger partial charge in [-0.1, -0.05) is 26.7 Å². The molecule has 1 N–H and O–H groups in total. The van der Waals surface area contributed by atoms with Crippen molar-refractivity contribution in [1.82, 2.24) is 10.2 Å². The first-order chi connectivity index (χ1) is 10.1. The van der Waals surface area contributed by atoms with Gasteiger partial charge in [0, 0.05) is 6.04 Å². The van der Waals surface area contributed by atoms with Crippen LogP contribution in [0.5, 0.6) is 0 Å². The lowest BCUT2D eigenvalue weighted by Gasteiger charge is -2.31. The van der Waals surface area contributed by atoms with Gasteiger partial charge >= 0.3 is 5.97 Å². The van der Waals surface area contributed by atoms with E-state index in [2.05, 4.69) is 24.1 Å². The third-order valence-corrected chi connectivity index (χ3v) is 4.77. The van der Waals surface area contributed by atoms with Crippen molar-refractivity contribution in [3.05, 3.63) is 0 Å². The van der Waals surface area contributed by atoms with E-state index in [-0.39, 0.29) is 5.97 Å². The molecule has 0 amide bonds. The van der Waals surface area contributed by atoms with Crippen molar-refractivity contribution in [2.24, 2.45) is 0 Å². The first kappa shape index (κ1) is 18.4. The van der Waals surface area contributed by atoms with Gasteiger partial charge < -0.3 is 15.0 Å². The highest BCUT2D eigenvalue weighted by atomic mass is 16.5. The molecule has 0 saturated heterocycles. The molecule has 21 heavy (non-hydrogen) atoms. The third kappa shape index (κ3) is 5.59. The summed E-state index contributed by atoms with van der Waals surface area (Å²) >= 11 is 0. The smallest absolute Gasteiger partial charge is 0.325 e. The quantitative estimate of drug-likeness (QED) is 0.630. The number of ether oxygens (including phenoxy) is 1. The van der Waals surface area contributed by atoms with Gasteiger partial charge in [0.15, 0.2) is 0 Å². The van der Waals surface area contributed by atoms with E-state index in [1.807, 2.05) is 6.92 Å². The summed E-state index contributed by atoms with van der Waals surface area (Å²) in [7, 11) is 1.48. The second-order valence-electron chi connectivity index (χ2n) is 6.42. The van der Waals surface area contributed by atoms with E-state index in [1.54, 1.807) is 0 Å². The summed E-state index contributed by atoms with van der Waals surface area (Å²) < 4.78 is 4.98. The summed E-state index contributed by atoms with van der Waals surface area (Å²) in [5.74, 6) is -0.139. The van der Waals surface area contributed by atoms with Crippen LogP contribution < -0.4 is 5.32 Å². The Kier molecular flexibility index (Phi) is 8.27. The van der Waals surface area contributed by atoms with E-state index < -0.39 is 5.54 Å². The van der Waals surface area contributed by atoms with Gasteiger partial charge in [-0.05, 0) is 58.7 Å². The average Bonchev–Trinajstić information content (AvgIpc) is 3.02. The predicted molar refractivity (Wildman–Crippen MR) is 87.5 cm³/mol. The van der Waals surface area contributed by atoms with Gasteiger partial charge in [0.1, 0.15) is 5.54 Å². The molecule has 1 aliphatic carbocycles. The summed E-state index contributed by atoms with van der Waals surface area (Å²) in [5.41, 5.74) is -0.542. The predicted octanol–water partition coefficient (Wildman–Crippen LogP) is 2.96. The fourth-order valence-electron chi connectivity index (χ4n) is 3.39. The lowest BCUT2D eigenvalue weighted by atomic mass is 9.95. The highest BCUT2D eigenvalue weighted by Gasteiger charge is 2.33. The van der Waals surface area contributed by atoms with Crippen LogP contribution in [0.4, 0.5) is 0 Å². The molecule has 1 unspecified atom stereocenters. The molecule has 1 aliphatic rings. The zero-order valence-corrected chi connectivity index (χ0v) is 14.4. The van der Waals surface area contributed by atoms with Gasteiger partial charge in [-0.25, -0.2) is 0 Å². The van der Waals surface area contributed by atoms with Crippen molar-refractivity contribution < 1.29 is 9.53 Å². The van der Waals surface area contributed by atoms with Crippen LogP contribution in [0.25, 0.3) is 0 Å². The van der Waals surface area contributed by atoms with Crippen molar-refractivity contribution in [3.63, 3.8) is 0 Å². The SMILES string of the molecule is CCCNC(C)(CCCN(CC)C1CCCC1)C(=O)OC. The molecule has 1 rings (SSSR count). The maximum Gasteiger partial charge on any atom is 0.325 e. The van der Waals surface area contributed by atoms with Crippen molar-refractivity contribution >= 4 is 5.97 Å². The van der Waals surface area contributed by atoms with E-state index in [1.165, 1.54) is 32.8 Å². The van der Waals surface area contributed by atoms with E-state index in [0.717, 1.165) is 44.9 Å². The summed E-state index contributed by atoms with van der Waals surface area (Å²) in [5, 5.41) is 3.36. The molecule has 0 spiro atoms. The maximum absolute atomic E-state index is 12.0. The molecule has 1 saturated carbocycles. The van der Waals surface area contributed by atoms with Crippen molar-refractivity contribution in [3.8, 4) is 0 Å². The Morgan fingerprint density at radius 2 is 2.00 bits per heavy atom. The number of hydrogen-bond acceptors (Lipinski definition) is 4. The van der Waals surface area contributed by atoms with Crippen LogP contribution in [0.3, 0.4) is 0 Å². The van der Waals surface area contributed by atoms with Gasteiger partial charge in [0.05, 0.1) is 7.11 Å². The van der Waals surface area contributed by atoms with Crippen LogP contribution in [0.2, 0.25) is 0 Å². The fraction of sp³-hybridized carbons (Fsp3) is 0.941. The van der Waals surface area contributed by atoms with Gasteiger partial charge in [-0.2, -0.15) is 0 Å². The Bertz CT molecular complexity index is 303. The van der Waals surface area contributed by atoms with Crippen LogP contribution >= 0.6 is 0 Å². The molecular formula is C17H34N2O2. The molecule has 1 fully saturated rings. The van der Waals surface area contributed by atoms with E-state index >= 15 is 0 Å². The monoisotopic (exact) mass is 298 g/mol. The number of esters is 1. The summed E-state index contributed by atoms with van der Waals surface area (Å²) in [6, 6.07) is 0.767. The van der Waals surface area contributed by atoms with Crippen LogP contribution in [0.15, 0.2) is 0 Å². The van der Waals surface area contributed by atoms with E-state index in [0.29, 0.717) is 0 Å². The van der Waals surface area contributed by atoms with Gasteiger partial charge in [0.2, 0.25) is 0 Å². The number of methoxy groups -OCH3 is 1. The number of carbonyl (C=O) groups excluding carboxylic acids is 1. The highest BCUT2D eigenvalue weighted by molar-refractivity contribution is 5.80. The lowest BCUT2D eigenvalue weighted by molar-refractivity contribution is -0.148. The molecule has 0 bridgehead atoms. The summed E-state index contributed by atoms with van der Waals surface area (Å²) in [4.78, 5) is 14.6. The second-order valence-corrected chi connectivity index (χ2v) is 6.42. The second kappa shape index (κ2) is 9.42. The summed E-state index contributed by atoms with van der Waals surface area (Å²) in [6.07, 6.45) is 8.33. The molecule has 0 radical (unpaired) electrons. The topological polar surface area (TPSA) is 41.6 Å². The molecule has 124 valence electrons. The normalized spacial score (nSPS) is 18.9. The zero-order chi connectivity index (χ0) is 15.7. The lowest BCUT2D eigenvalue weighted by Crippen LogP contribution is -2.51. The Morgan fingerprint density at radius 1 is 1.33 bits per heavy atom. The molecule has 0 heterocycles. The molecule has 0 aromatic rings. The number of carbonyl (C=O) groups is 1. The molecule has 1 atom stereocenters. The van der Waals surface area contributed by atoms with Crippen molar-refractivity contribution in [1.29, 1.82) is 0 Å². The van der Waals surface area contributed by atoms with Gasteiger partial charge in [-0.3, -0.25) is 4.79 Å². The number of nitrogens with zero attached hydrogens (tertiary/aromatic N) is 1.